The van der Waals surface area contributed by atoms with Crippen molar-refractivity contribution in [1.29, 1.82) is 0 Å². The minimum absolute atomic E-state index is 0.0429. The molecule has 0 radical (unpaired) electrons. The SMILES string of the molecule is Cc1ccc(-n2c(SCC(=O)Nc3c(C)n(C)n(-c4ccccc4)c3=O)nnc2-c2ccco2)cc1. The van der Waals surface area contributed by atoms with Crippen molar-refractivity contribution in [2.24, 2.45) is 7.05 Å². The number of aromatic nitrogens is 5. The topological polar surface area (TPSA) is 99.9 Å². The fourth-order valence-corrected chi connectivity index (χ4v) is 4.63. The molecule has 2 aromatic carbocycles. The number of hydrogen-bond acceptors (Lipinski definition) is 6. The molecular weight excluding hydrogens is 476 g/mol. The van der Waals surface area contributed by atoms with Crippen LogP contribution in [0.3, 0.4) is 0 Å². The smallest absolute Gasteiger partial charge is 0.295 e. The van der Waals surface area contributed by atoms with Crippen molar-refractivity contribution in [1.82, 2.24) is 24.1 Å². The molecule has 10 heteroatoms. The maximum atomic E-state index is 13.1. The van der Waals surface area contributed by atoms with E-state index in [2.05, 4.69) is 15.5 Å². The fraction of sp³-hybridized carbons (Fsp3) is 0.154. The Hall–Kier alpha value is -4.31. The number of carbonyl (C=O) groups excluding carboxylic acids is 1. The average molecular weight is 501 g/mol. The van der Waals surface area contributed by atoms with Crippen LogP contribution in [0.4, 0.5) is 5.69 Å². The highest BCUT2D eigenvalue weighted by molar-refractivity contribution is 7.99. The van der Waals surface area contributed by atoms with Crippen LogP contribution in [0.15, 0.2) is 87.4 Å². The zero-order chi connectivity index (χ0) is 25.2. The number of benzene rings is 2. The van der Waals surface area contributed by atoms with Gasteiger partial charge in [-0.1, -0.05) is 47.7 Å². The van der Waals surface area contributed by atoms with Crippen LogP contribution < -0.4 is 10.9 Å². The molecule has 182 valence electrons. The van der Waals surface area contributed by atoms with Gasteiger partial charge in [0.25, 0.3) is 5.56 Å². The number of carbonyl (C=O) groups is 1. The molecule has 0 fully saturated rings. The summed E-state index contributed by atoms with van der Waals surface area (Å²) in [5.41, 5.74) is 3.32. The number of anilines is 1. The molecule has 5 aromatic rings. The van der Waals surface area contributed by atoms with Crippen molar-refractivity contribution in [3.8, 4) is 23.0 Å². The zero-order valence-corrected chi connectivity index (χ0v) is 20.8. The van der Waals surface area contributed by atoms with Gasteiger partial charge in [-0.15, -0.1) is 10.2 Å². The van der Waals surface area contributed by atoms with E-state index in [0.717, 1.165) is 16.9 Å². The summed E-state index contributed by atoms with van der Waals surface area (Å²) in [6.45, 7) is 3.81. The highest BCUT2D eigenvalue weighted by Gasteiger charge is 2.21. The molecule has 5 rings (SSSR count). The van der Waals surface area contributed by atoms with Crippen molar-refractivity contribution < 1.29 is 9.21 Å². The summed E-state index contributed by atoms with van der Waals surface area (Å²) in [5, 5.41) is 11.9. The van der Waals surface area contributed by atoms with E-state index in [4.69, 9.17) is 4.42 Å². The lowest BCUT2D eigenvalue weighted by molar-refractivity contribution is -0.113. The molecule has 0 saturated carbocycles. The van der Waals surface area contributed by atoms with E-state index < -0.39 is 0 Å². The van der Waals surface area contributed by atoms with Gasteiger partial charge in [0, 0.05) is 12.7 Å². The molecular formula is C26H24N6O3S. The van der Waals surface area contributed by atoms with Crippen LogP contribution in [0.5, 0.6) is 0 Å². The third kappa shape index (κ3) is 4.38. The molecule has 0 aliphatic heterocycles. The molecule has 9 nitrogen and oxygen atoms in total. The van der Waals surface area contributed by atoms with E-state index in [1.807, 2.05) is 72.2 Å². The van der Waals surface area contributed by atoms with Crippen molar-refractivity contribution in [2.45, 2.75) is 19.0 Å². The first-order valence-corrected chi connectivity index (χ1v) is 12.3. The minimum atomic E-state index is -0.316. The Labute approximate surface area is 211 Å². The number of aryl methyl sites for hydroxylation is 1. The normalized spacial score (nSPS) is 11.1. The summed E-state index contributed by atoms with van der Waals surface area (Å²) >= 11 is 1.23. The van der Waals surface area contributed by atoms with Crippen LogP contribution in [0.1, 0.15) is 11.3 Å². The number of rotatable bonds is 7. The number of thioether (sulfide) groups is 1. The maximum Gasteiger partial charge on any atom is 0.295 e. The Morgan fingerprint density at radius 2 is 1.72 bits per heavy atom. The number of nitrogens with one attached hydrogen (secondary N) is 1. The van der Waals surface area contributed by atoms with E-state index in [1.54, 1.807) is 31.0 Å². The molecule has 3 heterocycles. The van der Waals surface area contributed by atoms with Crippen LogP contribution in [0.25, 0.3) is 23.0 Å². The first-order chi connectivity index (χ1) is 17.4. The summed E-state index contributed by atoms with van der Waals surface area (Å²) in [4.78, 5) is 26.0. The van der Waals surface area contributed by atoms with Crippen molar-refractivity contribution >= 4 is 23.4 Å². The van der Waals surface area contributed by atoms with E-state index in [0.29, 0.717) is 22.4 Å². The quantitative estimate of drug-likeness (QED) is 0.333. The van der Waals surface area contributed by atoms with Gasteiger partial charge in [-0.05, 0) is 50.2 Å². The van der Waals surface area contributed by atoms with Crippen molar-refractivity contribution in [2.75, 3.05) is 11.1 Å². The minimum Gasteiger partial charge on any atom is -0.461 e. The Balaban J connectivity index is 1.39. The molecule has 3 aromatic heterocycles. The maximum absolute atomic E-state index is 13.1. The van der Waals surface area contributed by atoms with E-state index in [-0.39, 0.29) is 22.9 Å². The highest BCUT2D eigenvalue weighted by atomic mass is 32.2. The molecule has 1 amide bonds. The van der Waals surface area contributed by atoms with Gasteiger partial charge >= 0.3 is 0 Å². The Morgan fingerprint density at radius 3 is 2.42 bits per heavy atom. The lowest BCUT2D eigenvalue weighted by Gasteiger charge is -2.09. The molecule has 0 bridgehead atoms. The number of para-hydroxylation sites is 1. The summed E-state index contributed by atoms with van der Waals surface area (Å²) in [7, 11) is 1.79. The molecule has 0 atom stereocenters. The molecule has 0 aliphatic carbocycles. The second kappa shape index (κ2) is 9.74. The molecule has 36 heavy (non-hydrogen) atoms. The van der Waals surface area contributed by atoms with Crippen LogP contribution in [0, 0.1) is 13.8 Å². The van der Waals surface area contributed by atoms with Gasteiger partial charge in [0.05, 0.1) is 23.4 Å². The van der Waals surface area contributed by atoms with Crippen LogP contribution in [-0.2, 0) is 11.8 Å². The fourth-order valence-electron chi connectivity index (χ4n) is 3.87. The third-order valence-corrected chi connectivity index (χ3v) is 6.75. The lowest BCUT2D eigenvalue weighted by Crippen LogP contribution is -2.23. The Morgan fingerprint density at radius 1 is 0.972 bits per heavy atom. The lowest BCUT2D eigenvalue weighted by atomic mass is 10.2. The average Bonchev–Trinajstić information content (AvgIpc) is 3.60. The third-order valence-electron chi connectivity index (χ3n) is 5.82. The van der Waals surface area contributed by atoms with Crippen molar-refractivity contribution in [3.05, 3.63) is 94.6 Å². The van der Waals surface area contributed by atoms with Gasteiger partial charge in [0.2, 0.25) is 11.7 Å². The number of nitrogens with zero attached hydrogens (tertiary/aromatic N) is 5. The van der Waals surface area contributed by atoms with Gasteiger partial charge in [-0.25, -0.2) is 4.68 Å². The summed E-state index contributed by atoms with van der Waals surface area (Å²) in [6, 6.07) is 20.8. The highest BCUT2D eigenvalue weighted by Crippen LogP contribution is 2.28. The molecule has 0 saturated heterocycles. The summed E-state index contributed by atoms with van der Waals surface area (Å²) in [5.74, 6) is 0.836. The van der Waals surface area contributed by atoms with E-state index in [1.165, 1.54) is 16.4 Å². The monoisotopic (exact) mass is 500 g/mol. The number of hydrogen-bond donors (Lipinski definition) is 1. The predicted molar refractivity (Wildman–Crippen MR) is 139 cm³/mol. The van der Waals surface area contributed by atoms with Gasteiger partial charge in [0.1, 0.15) is 5.69 Å². The van der Waals surface area contributed by atoms with Crippen LogP contribution in [0.2, 0.25) is 0 Å². The first kappa shape index (κ1) is 23.4. The first-order valence-electron chi connectivity index (χ1n) is 11.3. The van der Waals surface area contributed by atoms with Crippen LogP contribution in [-0.4, -0.2) is 35.8 Å². The van der Waals surface area contributed by atoms with E-state index in [9.17, 15) is 9.59 Å². The van der Waals surface area contributed by atoms with Gasteiger partial charge in [-0.2, -0.15) is 0 Å². The second-order valence-corrected chi connectivity index (χ2v) is 9.17. The number of amides is 1. The standard InChI is InChI=1S/C26H24N6O3S/c1-17-11-13-19(14-12-17)31-24(21-10-7-15-35-21)28-29-26(31)36-16-22(33)27-23-18(2)30(3)32(25(23)34)20-8-5-4-6-9-20/h4-15H,16H2,1-3H3,(H,27,33). The Bertz CT molecular complexity index is 1560. The molecule has 0 spiro atoms. The predicted octanol–water partition coefficient (Wildman–Crippen LogP) is 4.36. The number of furan rings is 1. The van der Waals surface area contributed by atoms with Gasteiger partial charge in [-0.3, -0.25) is 18.8 Å². The largest absolute Gasteiger partial charge is 0.461 e. The van der Waals surface area contributed by atoms with E-state index >= 15 is 0 Å². The summed E-state index contributed by atoms with van der Waals surface area (Å²) in [6.07, 6.45) is 1.58. The summed E-state index contributed by atoms with van der Waals surface area (Å²) < 4.78 is 10.7. The molecule has 1 N–H and O–H groups in total. The zero-order valence-electron chi connectivity index (χ0n) is 20.0. The van der Waals surface area contributed by atoms with Gasteiger partial charge in [0.15, 0.2) is 10.9 Å². The second-order valence-electron chi connectivity index (χ2n) is 8.23. The van der Waals surface area contributed by atoms with Crippen molar-refractivity contribution in [3.63, 3.8) is 0 Å². The Kier molecular flexibility index (Phi) is 6.34. The molecule has 0 aliphatic rings. The van der Waals surface area contributed by atoms with Crippen LogP contribution >= 0.6 is 11.8 Å². The molecule has 0 unspecified atom stereocenters. The van der Waals surface area contributed by atoms with Gasteiger partial charge < -0.3 is 9.73 Å².